The normalized spacial score (nSPS) is 11.2. The lowest BCUT2D eigenvalue weighted by molar-refractivity contribution is -0.384. The average molecular weight is 1010 g/mol. The summed E-state index contributed by atoms with van der Waals surface area (Å²) in [6, 6.07) is 24.3. The Bertz CT molecular complexity index is 2810. The molecule has 0 saturated carbocycles. The molecule has 7 N–H and O–H groups in total. The minimum Gasteiger partial charge on any atom is -0.400 e. The van der Waals surface area contributed by atoms with Crippen LogP contribution in [0.2, 0.25) is 0 Å². The van der Waals surface area contributed by atoms with E-state index in [2.05, 4.69) is 51.0 Å². The van der Waals surface area contributed by atoms with Crippen molar-refractivity contribution in [3.8, 4) is 0 Å². The number of para-hydroxylation sites is 2. The summed E-state index contributed by atoms with van der Waals surface area (Å²) in [5.74, 6) is -1.18. The van der Waals surface area contributed by atoms with Gasteiger partial charge in [0.25, 0.3) is 5.69 Å². The number of nitrogens with one attached hydrogen (secondary N) is 4. The van der Waals surface area contributed by atoms with Gasteiger partial charge in [0, 0.05) is 75.4 Å². The second-order valence-electron chi connectivity index (χ2n) is 17.2. The molecule has 0 radical (unpaired) electrons. The van der Waals surface area contributed by atoms with Crippen LogP contribution >= 0.6 is 14.3 Å². The van der Waals surface area contributed by atoms with Gasteiger partial charge in [0.15, 0.2) is 23.3 Å². The van der Waals surface area contributed by atoms with Gasteiger partial charge in [0.2, 0.25) is 11.9 Å². The molecule has 6 rings (SSSR count). The molecule has 0 spiro atoms. The first kappa shape index (κ1) is 55.8. The highest BCUT2D eigenvalue weighted by molar-refractivity contribution is 7.70. The van der Waals surface area contributed by atoms with Gasteiger partial charge in [0.1, 0.15) is 20.0 Å². The van der Waals surface area contributed by atoms with Crippen LogP contribution in [0.1, 0.15) is 0 Å². The third-order valence-electron chi connectivity index (χ3n) is 10.3. The first-order chi connectivity index (χ1) is 33.0. The number of halogens is 2. The minimum absolute atomic E-state index is 0.0126. The highest BCUT2D eigenvalue weighted by Crippen LogP contribution is 2.40. The second-order valence-corrected chi connectivity index (χ2v) is 23.6. The van der Waals surface area contributed by atoms with Crippen molar-refractivity contribution in [1.29, 1.82) is 0 Å². The van der Waals surface area contributed by atoms with Crippen molar-refractivity contribution in [2.24, 2.45) is 0 Å². The fourth-order valence-corrected chi connectivity index (χ4v) is 8.94. The van der Waals surface area contributed by atoms with Crippen molar-refractivity contribution >= 4 is 93.9 Å². The maximum atomic E-state index is 14.5. The van der Waals surface area contributed by atoms with Crippen molar-refractivity contribution in [2.75, 3.05) is 139 Å². The summed E-state index contributed by atoms with van der Waals surface area (Å²) < 4.78 is 54.1. The summed E-state index contributed by atoms with van der Waals surface area (Å²) in [5, 5.41) is 31.7. The van der Waals surface area contributed by atoms with Gasteiger partial charge in [-0.2, -0.15) is 9.97 Å². The molecule has 0 unspecified atom stereocenters. The van der Waals surface area contributed by atoms with Crippen molar-refractivity contribution < 1.29 is 27.9 Å². The Hall–Kier alpha value is -6.76. The lowest BCUT2D eigenvalue weighted by Gasteiger charge is -2.23. The Morgan fingerprint density at radius 3 is 1.41 bits per heavy atom. The number of anilines is 11. The number of hydrogen-bond donors (Lipinski definition) is 6. The number of nitrogens with zero attached hydrogens (tertiary/aromatic N) is 9. The largest absolute Gasteiger partial charge is 0.400 e. The number of nitrogen functional groups attached to an aromatic ring is 1. The maximum Gasteiger partial charge on any atom is 0.294 e. The molecule has 70 heavy (non-hydrogen) atoms. The van der Waals surface area contributed by atoms with Gasteiger partial charge in [-0.3, -0.25) is 10.1 Å². The Balaban J connectivity index is 0.000000295. The van der Waals surface area contributed by atoms with Crippen LogP contribution in [0, 0.1) is 21.7 Å². The molecule has 2 aromatic heterocycles. The van der Waals surface area contributed by atoms with Crippen LogP contribution in [-0.2, 0) is 9.13 Å². The number of aromatic nitrogens is 4. The number of nitro groups is 1. The van der Waals surface area contributed by atoms with Crippen molar-refractivity contribution in [3.63, 3.8) is 0 Å². The first-order valence-corrected chi connectivity index (χ1v) is 27.0. The molecule has 0 aliphatic carbocycles. The predicted molar refractivity (Wildman–Crippen MR) is 284 cm³/mol. The van der Waals surface area contributed by atoms with Crippen LogP contribution in [0.15, 0.2) is 97.3 Å². The molecule has 0 atom stereocenters. The van der Waals surface area contributed by atoms with Gasteiger partial charge >= 0.3 is 0 Å². The number of aliphatic hydroxyl groups excluding tert-OH is 1. The molecule has 0 fully saturated rings. The topological polar surface area (TPSA) is 236 Å². The smallest absolute Gasteiger partial charge is 0.294 e. The number of nitrogens with two attached hydrogens (primary N) is 1. The van der Waals surface area contributed by atoms with E-state index in [1.54, 1.807) is 100 Å². The third-order valence-corrected chi connectivity index (χ3v) is 13.4. The highest BCUT2D eigenvalue weighted by Gasteiger charge is 2.21. The Morgan fingerprint density at radius 1 is 0.614 bits per heavy atom. The van der Waals surface area contributed by atoms with Crippen LogP contribution in [0.4, 0.5) is 77.8 Å². The molecule has 0 amide bonds. The molecule has 23 heteroatoms. The van der Waals surface area contributed by atoms with Crippen molar-refractivity contribution in [2.45, 2.75) is 0 Å². The minimum atomic E-state index is -2.63. The summed E-state index contributed by atoms with van der Waals surface area (Å²) in [7, 11) is 7.51. The maximum absolute atomic E-state index is 14.5. The SMILES string of the molecule is CN(C)CCN(C)c1ccc(Nc2ncc(F)c(Nc3ccccc3P(C)(C)=O)n2)cc1N.CN(C)CCN(C)c1ccc(Nc2ncc(F)c(Nc3ccccc3P(C)(C)=O)n2)cc1[N+](=O)[O-].CO. The van der Waals surface area contributed by atoms with E-state index in [1.807, 2.05) is 57.2 Å². The molecule has 19 nitrogen and oxygen atoms in total. The van der Waals surface area contributed by atoms with Crippen molar-refractivity contribution in [3.05, 3.63) is 119 Å². The van der Waals surface area contributed by atoms with Gasteiger partial charge < -0.3 is 60.8 Å². The Labute approximate surface area is 408 Å². The zero-order valence-electron chi connectivity index (χ0n) is 41.4. The quantitative estimate of drug-likeness (QED) is 0.0196. The molecule has 0 bridgehead atoms. The van der Waals surface area contributed by atoms with Crippen LogP contribution in [0.3, 0.4) is 0 Å². The van der Waals surface area contributed by atoms with Crippen LogP contribution in [0.5, 0.6) is 0 Å². The van der Waals surface area contributed by atoms with Crippen LogP contribution in [-0.4, -0.2) is 142 Å². The molecule has 6 aromatic rings. The number of nitro benzene ring substituents is 1. The number of rotatable bonds is 19. The van der Waals surface area contributed by atoms with Crippen molar-refractivity contribution in [1.82, 2.24) is 29.7 Å². The zero-order chi connectivity index (χ0) is 51.9. The molecule has 0 saturated heterocycles. The second kappa shape index (κ2) is 25.2. The van der Waals surface area contributed by atoms with E-state index in [0.29, 0.717) is 51.3 Å². The lowest BCUT2D eigenvalue weighted by atomic mass is 10.2. The van der Waals surface area contributed by atoms with Gasteiger partial charge in [-0.25, -0.2) is 18.7 Å². The molecular weight excluding hydrogens is 941 g/mol. The average Bonchev–Trinajstić information content (AvgIpc) is 3.30. The zero-order valence-corrected chi connectivity index (χ0v) is 43.2. The lowest BCUT2D eigenvalue weighted by Crippen LogP contribution is -2.28. The predicted octanol–water partition coefficient (Wildman–Crippen LogP) is 7.80. The van der Waals surface area contributed by atoms with E-state index in [1.165, 1.54) is 6.07 Å². The Morgan fingerprint density at radius 2 is 1.01 bits per heavy atom. The molecule has 0 aliphatic rings. The van der Waals surface area contributed by atoms with E-state index in [0.717, 1.165) is 44.8 Å². The number of likely N-dealkylation sites (N-methyl/N-ethyl adjacent to an activating group) is 4. The third kappa shape index (κ3) is 16.2. The summed E-state index contributed by atoms with van der Waals surface area (Å²) in [6.45, 7) is 9.69. The van der Waals surface area contributed by atoms with Gasteiger partial charge in [0.05, 0.1) is 40.1 Å². The highest BCUT2D eigenvalue weighted by atomic mass is 31.2. The van der Waals surface area contributed by atoms with Crippen LogP contribution < -0.4 is 47.4 Å². The number of aliphatic hydroxyl groups is 1. The van der Waals surface area contributed by atoms with Gasteiger partial charge in [-0.1, -0.05) is 24.3 Å². The van der Waals surface area contributed by atoms with Gasteiger partial charge in [-0.15, -0.1) is 0 Å². The molecule has 0 aliphatic heterocycles. The fourth-order valence-electron chi connectivity index (χ4n) is 6.63. The Kier molecular flexibility index (Phi) is 20.1. The van der Waals surface area contributed by atoms with E-state index < -0.39 is 30.8 Å². The van der Waals surface area contributed by atoms with E-state index in [9.17, 15) is 28.0 Å². The van der Waals surface area contributed by atoms with Crippen LogP contribution in [0.25, 0.3) is 0 Å². The number of hydrogen-bond acceptors (Lipinski definition) is 18. The fraction of sp³-hybridized carbons (Fsp3) is 0.319. The first-order valence-electron chi connectivity index (χ1n) is 21.8. The van der Waals surface area contributed by atoms with E-state index >= 15 is 0 Å². The van der Waals surface area contributed by atoms with E-state index in [4.69, 9.17) is 10.8 Å². The summed E-state index contributed by atoms with van der Waals surface area (Å²) >= 11 is 0. The van der Waals surface area contributed by atoms with E-state index in [-0.39, 0.29) is 29.2 Å². The summed E-state index contributed by atoms with van der Waals surface area (Å²) in [5.41, 5.74) is 10.3. The molecule has 376 valence electrons. The summed E-state index contributed by atoms with van der Waals surface area (Å²) in [4.78, 5) is 35.7. The molecular formula is C47H64F2N14O5P2. The molecule has 4 aromatic carbocycles. The number of benzene rings is 4. The standard InChI is InChI=1S/C23H29FN7O3P.C23H31FN7OP.CH4O/c1-29(2)12-13-30(3)19-11-10-16(14-20(19)31(32)33)26-23-25-15-17(24)22(28-23)27-18-8-6-7-9-21(18)35(4,5)34;1-30(2)12-13-31(3)20-11-10-16(14-18(20)25)27-23-26-15-17(24)22(29-23)28-19-8-6-7-9-21(19)33(4,5)32;1-2/h6-11,14-15H,12-13H2,1-5H3,(H2,25,26,27,28);6-11,14-15H,12-13,25H2,1-5H3,(H2,26,27,28,29);2H,1H3. The summed E-state index contributed by atoms with van der Waals surface area (Å²) in [6.07, 6.45) is 2.08. The van der Waals surface area contributed by atoms with Gasteiger partial charge in [-0.05, 0) is 109 Å². The molecule has 2 heterocycles. The monoisotopic (exact) mass is 1000 g/mol.